The van der Waals surface area contributed by atoms with E-state index >= 15 is 0 Å². The van der Waals surface area contributed by atoms with E-state index in [1.165, 1.54) is 19.3 Å². The Morgan fingerprint density at radius 3 is 2.52 bits per heavy atom. The van der Waals surface area contributed by atoms with Crippen molar-refractivity contribution in [3.63, 3.8) is 0 Å². The normalized spacial score (nSPS) is 19.8. The molecule has 4 aromatic rings. The number of aromatic nitrogens is 3. The number of aryl methyl sites for hydroxylation is 1. The first kappa shape index (κ1) is 26.8. The predicted octanol–water partition coefficient (Wildman–Crippen LogP) is 5.49. The quantitative estimate of drug-likeness (QED) is 0.304. The smallest absolute Gasteiger partial charge is 0.252 e. The van der Waals surface area contributed by atoms with Crippen LogP contribution in [0.25, 0.3) is 22.0 Å². The maximum atomic E-state index is 13.8. The Balaban J connectivity index is 1.16. The van der Waals surface area contributed by atoms with Crippen LogP contribution >= 0.6 is 0 Å². The topological polar surface area (TPSA) is 83.5 Å². The average molecular weight is 563 g/mol. The van der Waals surface area contributed by atoms with Crippen LogP contribution in [0.5, 0.6) is 5.75 Å². The maximum Gasteiger partial charge on any atom is 0.252 e. The van der Waals surface area contributed by atoms with Gasteiger partial charge in [0.15, 0.2) is 0 Å². The Morgan fingerprint density at radius 1 is 1.00 bits per heavy atom. The molecule has 2 aromatic carbocycles. The van der Waals surface area contributed by atoms with Gasteiger partial charge in [0.05, 0.1) is 11.1 Å². The monoisotopic (exact) mass is 562 g/mol. The van der Waals surface area contributed by atoms with Crippen molar-refractivity contribution in [1.29, 1.82) is 0 Å². The summed E-state index contributed by atoms with van der Waals surface area (Å²) in [5, 5.41) is 4.48. The number of benzene rings is 2. The summed E-state index contributed by atoms with van der Waals surface area (Å²) in [5.74, 6) is 1.46. The summed E-state index contributed by atoms with van der Waals surface area (Å²) in [6, 6.07) is 14.6. The number of pyridine rings is 1. The first-order chi connectivity index (χ1) is 20.5. The van der Waals surface area contributed by atoms with Crippen molar-refractivity contribution >= 4 is 22.8 Å². The third-order valence-corrected chi connectivity index (χ3v) is 9.28. The second-order valence-corrected chi connectivity index (χ2v) is 12.2. The number of likely N-dealkylation sites (N-methyl/N-ethyl adjacent to an activating group) is 1. The van der Waals surface area contributed by atoms with Gasteiger partial charge in [-0.3, -0.25) is 14.7 Å². The standard InChI is InChI=1S/C34H38N6O2/c1-23-8-9-27(42-22-26-10-16-39(26)2)19-29(23)32(41)38-34(11-12-34)30-17-24(18-31-28(30)7-6-13-35-31)25-20-36-33(37-21-25)40-14-4-3-5-15-40/h6-9,13,17-21,26H,3-5,10-12,14-16,22H2,1-2H3,(H,38,41). The molecule has 2 aliphatic heterocycles. The lowest BCUT2D eigenvalue weighted by Crippen LogP contribution is -2.48. The molecule has 0 spiro atoms. The molecule has 4 heterocycles. The van der Waals surface area contributed by atoms with Gasteiger partial charge >= 0.3 is 0 Å². The zero-order chi connectivity index (χ0) is 28.7. The van der Waals surface area contributed by atoms with Crippen LogP contribution in [0.3, 0.4) is 0 Å². The van der Waals surface area contributed by atoms with Gasteiger partial charge in [0.1, 0.15) is 12.4 Å². The third-order valence-electron chi connectivity index (χ3n) is 9.28. The Kier molecular flexibility index (Phi) is 7.02. The van der Waals surface area contributed by atoms with Crippen LogP contribution in [0.1, 0.15) is 60.0 Å². The highest BCUT2D eigenvalue weighted by atomic mass is 16.5. The molecule has 216 valence electrons. The lowest BCUT2D eigenvalue weighted by Gasteiger charge is -2.37. The van der Waals surface area contributed by atoms with Gasteiger partial charge in [-0.15, -0.1) is 0 Å². The number of anilines is 1. The fourth-order valence-electron chi connectivity index (χ4n) is 6.25. The molecular weight excluding hydrogens is 524 g/mol. The van der Waals surface area contributed by atoms with Crippen LogP contribution in [0.2, 0.25) is 0 Å². The summed E-state index contributed by atoms with van der Waals surface area (Å²) in [6.07, 6.45) is 12.2. The predicted molar refractivity (Wildman–Crippen MR) is 165 cm³/mol. The van der Waals surface area contributed by atoms with Crippen LogP contribution in [-0.2, 0) is 5.54 Å². The molecular formula is C34H38N6O2. The molecule has 8 nitrogen and oxygen atoms in total. The van der Waals surface area contributed by atoms with Crippen LogP contribution < -0.4 is 15.0 Å². The van der Waals surface area contributed by atoms with Gasteiger partial charge in [-0.1, -0.05) is 12.1 Å². The number of nitrogens with one attached hydrogen (secondary N) is 1. The molecule has 0 radical (unpaired) electrons. The third kappa shape index (κ3) is 5.20. The zero-order valence-electron chi connectivity index (χ0n) is 24.5. The van der Waals surface area contributed by atoms with Crippen LogP contribution in [-0.4, -0.2) is 65.1 Å². The molecule has 42 heavy (non-hydrogen) atoms. The molecule has 1 saturated carbocycles. The van der Waals surface area contributed by atoms with Crippen LogP contribution in [0, 0.1) is 6.92 Å². The van der Waals surface area contributed by atoms with Gasteiger partial charge in [0.25, 0.3) is 5.91 Å². The number of carbonyl (C=O) groups excluding carboxylic acids is 1. The fourth-order valence-corrected chi connectivity index (χ4v) is 6.25. The minimum absolute atomic E-state index is 0.0760. The van der Waals surface area contributed by atoms with Crippen molar-refractivity contribution < 1.29 is 9.53 Å². The Bertz CT molecular complexity index is 1610. The summed E-state index contributed by atoms with van der Waals surface area (Å²) in [7, 11) is 2.12. The molecule has 2 saturated heterocycles. The van der Waals surface area contributed by atoms with Crippen molar-refractivity contribution in [3.05, 3.63) is 77.7 Å². The van der Waals surface area contributed by atoms with Gasteiger partial charge < -0.3 is 15.0 Å². The van der Waals surface area contributed by atoms with Gasteiger partial charge in [-0.25, -0.2) is 9.97 Å². The van der Waals surface area contributed by atoms with Crippen molar-refractivity contribution in [2.45, 2.75) is 57.0 Å². The molecule has 1 amide bonds. The fraction of sp³-hybridized carbons (Fsp3) is 0.412. The number of likely N-dealkylation sites (tertiary alicyclic amines) is 1. The number of hydrogen-bond donors (Lipinski definition) is 1. The number of fused-ring (bicyclic) bond motifs is 1. The van der Waals surface area contributed by atoms with E-state index in [0.29, 0.717) is 18.2 Å². The highest BCUT2D eigenvalue weighted by molar-refractivity contribution is 5.98. The SMILES string of the molecule is Cc1ccc(OCC2CCN2C)cc1C(=O)NC1(c2cc(-c3cnc(N4CCCCC4)nc3)cc3ncccc23)CC1. The molecule has 1 atom stereocenters. The van der Waals surface area contributed by atoms with Crippen molar-refractivity contribution in [2.75, 3.05) is 38.2 Å². The minimum Gasteiger partial charge on any atom is -0.492 e. The number of amides is 1. The van der Waals surface area contributed by atoms with Gasteiger partial charge in [-0.2, -0.15) is 0 Å². The first-order valence-corrected chi connectivity index (χ1v) is 15.2. The van der Waals surface area contributed by atoms with Gasteiger partial charge in [0.2, 0.25) is 5.95 Å². The number of piperidine rings is 1. The van der Waals surface area contributed by atoms with E-state index in [-0.39, 0.29) is 5.91 Å². The number of nitrogens with zero attached hydrogens (tertiary/aromatic N) is 5. The molecule has 3 fully saturated rings. The second-order valence-electron chi connectivity index (χ2n) is 12.2. The lowest BCUT2D eigenvalue weighted by molar-refractivity contribution is 0.0767. The zero-order valence-corrected chi connectivity index (χ0v) is 24.5. The summed E-state index contributed by atoms with van der Waals surface area (Å²) in [6.45, 7) is 5.75. The molecule has 1 aliphatic carbocycles. The van der Waals surface area contributed by atoms with E-state index in [2.05, 4.69) is 40.4 Å². The number of hydrogen-bond acceptors (Lipinski definition) is 7. The summed E-state index contributed by atoms with van der Waals surface area (Å²) < 4.78 is 6.08. The van der Waals surface area contributed by atoms with Gasteiger partial charge in [0, 0.05) is 54.2 Å². The molecule has 8 heteroatoms. The average Bonchev–Trinajstić information content (AvgIpc) is 3.81. The van der Waals surface area contributed by atoms with Crippen molar-refractivity contribution in [1.82, 2.24) is 25.2 Å². The first-order valence-electron chi connectivity index (χ1n) is 15.2. The number of ether oxygens (including phenoxy) is 1. The summed E-state index contributed by atoms with van der Waals surface area (Å²) >= 11 is 0. The second kappa shape index (κ2) is 11.0. The van der Waals surface area contributed by atoms with Crippen LogP contribution in [0.4, 0.5) is 5.95 Å². The van der Waals surface area contributed by atoms with Gasteiger partial charge in [-0.05, 0) is 106 Å². The van der Waals surface area contributed by atoms with E-state index < -0.39 is 5.54 Å². The molecule has 2 aromatic heterocycles. The number of carbonyl (C=O) groups is 1. The molecule has 3 aliphatic rings. The van der Waals surface area contributed by atoms with Crippen molar-refractivity contribution in [3.8, 4) is 16.9 Å². The van der Waals surface area contributed by atoms with E-state index in [9.17, 15) is 4.79 Å². The molecule has 1 unspecified atom stereocenters. The van der Waals surface area contributed by atoms with E-state index in [4.69, 9.17) is 19.7 Å². The maximum absolute atomic E-state index is 13.8. The lowest BCUT2D eigenvalue weighted by atomic mass is 9.94. The number of rotatable bonds is 8. The van der Waals surface area contributed by atoms with E-state index in [1.54, 1.807) is 0 Å². The minimum atomic E-state index is -0.444. The Labute approximate surface area is 247 Å². The summed E-state index contributed by atoms with van der Waals surface area (Å²) in [5.41, 5.74) is 5.09. The highest BCUT2D eigenvalue weighted by Crippen LogP contribution is 2.49. The van der Waals surface area contributed by atoms with Crippen molar-refractivity contribution in [2.24, 2.45) is 0 Å². The van der Waals surface area contributed by atoms with E-state index in [1.807, 2.05) is 49.8 Å². The molecule has 7 rings (SSSR count). The Morgan fingerprint density at radius 2 is 1.81 bits per heavy atom. The summed E-state index contributed by atoms with van der Waals surface area (Å²) in [4.78, 5) is 32.5. The molecule has 0 bridgehead atoms. The highest BCUT2D eigenvalue weighted by Gasteiger charge is 2.47. The van der Waals surface area contributed by atoms with E-state index in [0.717, 1.165) is 83.8 Å². The molecule has 1 N–H and O–H groups in total. The van der Waals surface area contributed by atoms with Crippen LogP contribution in [0.15, 0.2) is 61.1 Å². The Hall–Kier alpha value is -4.04. The largest absolute Gasteiger partial charge is 0.492 e.